The second-order valence-corrected chi connectivity index (χ2v) is 8.98. The first kappa shape index (κ1) is 21.3. The number of piperidine rings is 1. The number of benzene rings is 1. The van der Waals surface area contributed by atoms with E-state index in [0.717, 1.165) is 36.1 Å². The predicted molar refractivity (Wildman–Crippen MR) is 110 cm³/mol. The lowest BCUT2D eigenvalue weighted by atomic mass is 9.83. The molecule has 0 aliphatic carbocycles. The highest BCUT2D eigenvalue weighted by Crippen LogP contribution is 2.34. The minimum Gasteiger partial charge on any atom is -0.390 e. The number of alkyl halides is 3. The number of aromatic nitrogens is 3. The van der Waals surface area contributed by atoms with Gasteiger partial charge in [-0.2, -0.15) is 13.2 Å². The van der Waals surface area contributed by atoms with Crippen molar-refractivity contribution in [2.45, 2.75) is 51.6 Å². The van der Waals surface area contributed by atoms with Crippen LogP contribution >= 0.6 is 11.6 Å². The average Bonchev–Trinajstić information content (AvgIpc) is 2.94. The second kappa shape index (κ2) is 7.66. The number of likely N-dealkylation sites (tertiary alicyclic amines) is 1. The van der Waals surface area contributed by atoms with Gasteiger partial charge < -0.3 is 9.67 Å². The zero-order chi connectivity index (χ0) is 21.7. The van der Waals surface area contributed by atoms with E-state index in [0.29, 0.717) is 23.0 Å². The van der Waals surface area contributed by atoms with E-state index in [-0.39, 0.29) is 16.6 Å². The molecule has 0 atom stereocenters. The Balaban J connectivity index is 1.65. The summed E-state index contributed by atoms with van der Waals surface area (Å²) in [5, 5.41) is 10.9. The monoisotopic (exact) mass is 440 g/mol. The van der Waals surface area contributed by atoms with E-state index in [1.165, 1.54) is 6.33 Å². The molecule has 0 saturated carbocycles. The molecule has 2 aromatic heterocycles. The molecular weight excluding hydrogens is 417 g/mol. The van der Waals surface area contributed by atoms with Crippen LogP contribution < -0.4 is 0 Å². The van der Waals surface area contributed by atoms with Gasteiger partial charge in [0.2, 0.25) is 0 Å². The molecule has 0 unspecified atom stereocenters. The molecule has 4 rings (SSSR count). The maximum Gasteiger partial charge on any atom is 0.406 e. The Morgan fingerprint density at radius 3 is 2.50 bits per heavy atom. The number of halogens is 4. The largest absolute Gasteiger partial charge is 0.406 e. The number of nitrogens with zero attached hydrogens (tertiary/aromatic N) is 4. The average molecular weight is 441 g/mol. The van der Waals surface area contributed by atoms with Crippen molar-refractivity contribution >= 4 is 33.5 Å². The number of hydrogen-bond acceptors (Lipinski definition) is 4. The highest BCUT2D eigenvalue weighted by Gasteiger charge is 2.32. The molecule has 162 valence electrons. The Morgan fingerprint density at radius 2 is 1.87 bits per heavy atom. The molecule has 1 fully saturated rings. The molecule has 1 aliphatic rings. The lowest BCUT2D eigenvalue weighted by Crippen LogP contribution is -2.41. The molecule has 0 spiro atoms. The van der Waals surface area contributed by atoms with Gasteiger partial charge in [0.25, 0.3) is 0 Å². The van der Waals surface area contributed by atoms with Crippen molar-refractivity contribution < 1.29 is 18.3 Å². The first-order chi connectivity index (χ1) is 14.0. The van der Waals surface area contributed by atoms with Crippen LogP contribution in [0.4, 0.5) is 13.2 Å². The molecule has 1 saturated heterocycles. The number of aliphatic hydroxyl groups is 1. The predicted octanol–water partition coefficient (Wildman–Crippen LogP) is 4.78. The van der Waals surface area contributed by atoms with Gasteiger partial charge in [-0.3, -0.25) is 4.90 Å². The van der Waals surface area contributed by atoms with Crippen molar-refractivity contribution in [2.75, 3.05) is 13.1 Å². The molecule has 30 heavy (non-hydrogen) atoms. The summed E-state index contributed by atoms with van der Waals surface area (Å²) in [4.78, 5) is 10.4. The summed E-state index contributed by atoms with van der Waals surface area (Å²) >= 11 is 6.14. The summed E-state index contributed by atoms with van der Waals surface area (Å²) in [6.07, 6.45) is -1.28. The summed E-state index contributed by atoms with van der Waals surface area (Å²) in [6.45, 7) is 4.99. The third-order valence-corrected chi connectivity index (χ3v) is 6.26. The van der Waals surface area contributed by atoms with E-state index >= 15 is 0 Å². The van der Waals surface area contributed by atoms with Crippen LogP contribution in [0.5, 0.6) is 0 Å². The lowest BCUT2D eigenvalue weighted by molar-refractivity contribution is -0.139. The van der Waals surface area contributed by atoms with Gasteiger partial charge in [0.05, 0.1) is 11.1 Å². The Bertz CT molecular complexity index is 1070. The van der Waals surface area contributed by atoms with Crippen LogP contribution in [0, 0.1) is 5.92 Å². The fourth-order valence-electron chi connectivity index (χ4n) is 4.42. The number of hydrogen-bond donors (Lipinski definition) is 1. The van der Waals surface area contributed by atoms with Gasteiger partial charge in [-0.25, -0.2) is 9.97 Å². The lowest BCUT2D eigenvalue weighted by Gasteiger charge is -2.37. The first-order valence-electron chi connectivity index (χ1n) is 9.96. The van der Waals surface area contributed by atoms with Crippen molar-refractivity contribution in [3.8, 4) is 0 Å². The molecule has 3 aromatic rings. The van der Waals surface area contributed by atoms with Crippen molar-refractivity contribution in [3.63, 3.8) is 0 Å². The van der Waals surface area contributed by atoms with Gasteiger partial charge in [0.15, 0.2) is 5.15 Å². The van der Waals surface area contributed by atoms with E-state index in [1.807, 2.05) is 26.0 Å². The standard InChI is InChI=1S/C21H24ClF3N4O/c1-20(2,30)14-5-7-28(8-6-14)10-13-3-4-16-15(9-13)17-18(19(22)27-12-26-17)29(16)11-21(23,24)25/h3-4,9,12,14,30H,5-8,10-11H2,1-2H3. The Labute approximate surface area is 177 Å². The van der Waals surface area contributed by atoms with E-state index in [9.17, 15) is 18.3 Å². The quantitative estimate of drug-likeness (QED) is 0.593. The van der Waals surface area contributed by atoms with Crippen LogP contribution in [-0.2, 0) is 13.1 Å². The van der Waals surface area contributed by atoms with Gasteiger partial charge >= 0.3 is 6.18 Å². The maximum absolute atomic E-state index is 13.2. The second-order valence-electron chi connectivity index (χ2n) is 8.62. The molecular formula is C21H24ClF3N4O. The van der Waals surface area contributed by atoms with E-state index < -0.39 is 18.3 Å². The van der Waals surface area contributed by atoms with Crippen molar-refractivity contribution in [1.29, 1.82) is 0 Å². The molecule has 1 aromatic carbocycles. The van der Waals surface area contributed by atoms with E-state index in [4.69, 9.17) is 11.6 Å². The zero-order valence-corrected chi connectivity index (χ0v) is 17.6. The maximum atomic E-state index is 13.2. The fourth-order valence-corrected chi connectivity index (χ4v) is 4.66. The Morgan fingerprint density at radius 1 is 1.17 bits per heavy atom. The summed E-state index contributed by atoms with van der Waals surface area (Å²) in [5.41, 5.74) is 1.40. The van der Waals surface area contributed by atoms with Crippen LogP contribution in [0.15, 0.2) is 24.5 Å². The van der Waals surface area contributed by atoms with E-state index in [2.05, 4.69) is 14.9 Å². The third kappa shape index (κ3) is 4.26. The van der Waals surface area contributed by atoms with Crippen LogP contribution in [0.2, 0.25) is 5.15 Å². The fraction of sp³-hybridized carbons (Fsp3) is 0.524. The molecule has 0 radical (unpaired) electrons. The summed E-state index contributed by atoms with van der Waals surface area (Å²) in [7, 11) is 0. The summed E-state index contributed by atoms with van der Waals surface area (Å²) < 4.78 is 40.7. The first-order valence-corrected chi connectivity index (χ1v) is 10.3. The highest BCUT2D eigenvalue weighted by molar-refractivity contribution is 6.34. The van der Waals surface area contributed by atoms with Crippen molar-refractivity contribution in [1.82, 2.24) is 19.4 Å². The van der Waals surface area contributed by atoms with Crippen LogP contribution in [0.1, 0.15) is 32.3 Å². The Kier molecular flexibility index (Phi) is 5.45. The molecule has 0 bridgehead atoms. The minimum absolute atomic E-state index is 0.00990. The van der Waals surface area contributed by atoms with Crippen molar-refractivity contribution in [2.24, 2.45) is 5.92 Å². The highest BCUT2D eigenvalue weighted by atomic mass is 35.5. The normalized spacial score (nSPS) is 17.3. The zero-order valence-electron chi connectivity index (χ0n) is 16.9. The summed E-state index contributed by atoms with van der Waals surface area (Å²) in [5.74, 6) is 0.274. The molecule has 1 aliphatic heterocycles. The van der Waals surface area contributed by atoms with Crippen molar-refractivity contribution in [3.05, 3.63) is 35.2 Å². The molecule has 0 amide bonds. The van der Waals surface area contributed by atoms with Gasteiger partial charge in [0.1, 0.15) is 23.9 Å². The smallest absolute Gasteiger partial charge is 0.390 e. The van der Waals surface area contributed by atoms with Gasteiger partial charge in [-0.1, -0.05) is 17.7 Å². The number of fused-ring (bicyclic) bond motifs is 3. The van der Waals surface area contributed by atoms with Gasteiger partial charge in [-0.05, 0) is 63.4 Å². The number of rotatable bonds is 4. The third-order valence-electron chi connectivity index (χ3n) is 5.98. The van der Waals surface area contributed by atoms with Gasteiger partial charge in [-0.15, -0.1) is 0 Å². The summed E-state index contributed by atoms with van der Waals surface area (Å²) in [6, 6.07) is 5.46. The minimum atomic E-state index is -4.39. The molecule has 3 heterocycles. The molecule has 1 N–H and O–H groups in total. The Hall–Kier alpha value is -1.90. The topological polar surface area (TPSA) is 54.2 Å². The molecule has 9 heteroatoms. The van der Waals surface area contributed by atoms with Crippen LogP contribution in [-0.4, -0.2) is 49.4 Å². The van der Waals surface area contributed by atoms with Crippen LogP contribution in [0.25, 0.3) is 21.9 Å². The van der Waals surface area contributed by atoms with Gasteiger partial charge in [0, 0.05) is 11.9 Å². The SMILES string of the molecule is CC(C)(O)C1CCN(Cc2ccc3c(c2)c2ncnc(Cl)c2n3CC(F)(F)F)CC1. The molecule has 5 nitrogen and oxygen atoms in total. The van der Waals surface area contributed by atoms with E-state index in [1.54, 1.807) is 6.07 Å². The van der Waals surface area contributed by atoms with Crippen LogP contribution in [0.3, 0.4) is 0 Å².